The predicted molar refractivity (Wildman–Crippen MR) is 58.3 cm³/mol. The zero-order valence-electron chi connectivity index (χ0n) is 9.34. The van der Waals surface area contributed by atoms with Crippen LogP contribution < -0.4 is 0 Å². The Balaban J connectivity index is 1.91. The van der Waals surface area contributed by atoms with Crippen molar-refractivity contribution in [2.75, 3.05) is 19.6 Å². The standard InChI is InChI=1S/C13H15F2N/c1-2-16-7-10-6-13(10,8-16)9-3-4-11(14)12(15)5-9/h3-5,10H,2,6-8H2,1H3/t10-,13+/m1/s1. The summed E-state index contributed by atoms with van der Waals surface area (Å²) in [6.45, 7) is 5.29. The van der Waals surface area contributed by atoms with Crippen molar-refractivity contribution in [3.8, 4) is 0 Å². The summed E-state index contributed by atoms with van der Waals surface area (Å²) in [4.78, 5) is 2.38. The summed E-state index contributed by atoms with van der Waals surface area (Å²) >= 11 is 0. The maximum Gasteiger partial charge on any atom is 0.159 e. The van der Waals surface area contributed by atoms with Crippen LogP contribution in [-0.2, 0) is 5.41 Å². The lowest BCUT2D eigenvalue weighted by molar-refractivity contribution is 0.314. The molecule has 16 heavy (non-hydrogen) atoms. The van der Waals surface area contributed by atoms with Gasteiger partial charge in [-0.25, -0.2) is 8.78 Å². The first-order valence-corrected chi connectivity index (χ1v) is 5.83. The number of rotatable bonds is 2. The molecule has 2 aliphatic rings. The molecule has 3 heteroatoms. The highest BCUT2D eigenvalue weighted by atomic mass is 19.2. The van der Waals surface area contributed by atoms with Crippen molar-refractivity contribution in [1.82, 2.24) is 4.90 Å². The maximum atomic E-state index is 13.2. The van der Waals surface area contributed by atoms with E-state index in [1.54, 1.807) is 6.07 Å². The van der Waals surface area contributed by atoms with Gasteiger partial charge in [-0.2, -0.15) is 0 Å². The van der Waals surface area contributed by atoms with Crippen molar-refractivity contribution in [2.45, 2.75) is 18.8 Å². The van der Waals surface area contributed by atoms with Gasteiger partial charge in [0.1, 0.15) is 0 Å². The molecule has 0 unspecified atom stereocenters. The van der Waals surface area contributed by atoms with Gasteiger partial charge in [-0.3, -0.25) is 0 Å². The number of fused-ring (bicyclic) bond motifs is 1. The van der Waals surface area contributed by atoms with E-state index in [-0.39, 0.29) is 5.41 Å². The van der Waals surface area contributed by atoms with Gasteiger partial charge in [0.2, 0.25) is 0 Å². The lowest BCUT2D eigenvalue weighted by Crippen LogP contribution is -2.26. The Morgan fingerprint density at radius 2 is 2.19 bits per heavy atom. The molecule has 86 valence electrons. The lowest BCUT2D eigenvalue weighted by atomic mass is 9.95. The van der Waals surface area contributed by atoms with Gasteiger partial charge in [0, 0.05) is 18.5 Å². The van der Waals surface area contributed by atoms with Crippen molar-refractivity contribution < 1.29 is 8.78 Å². The molecular formula is C13H15F2N. The SMILES string of the molecule is CCN1C[C@H]2C[C@@]2(c2ccc(F)c(F)c2)C1. The molecule has 2 fully saturated rings. The van der Waals surface area contributed by atoms with Crippen LogP contribution in [-0.4, -0.2) is 24.5 Å². The van der Waals surface area contributed by atoms with Gasteiger partial charge >= 0.3 is 0 Å². The van der Waals surface area contributed by atoms with E-state index in [9.17, 15) is 8.78 Å². The fourth-order valence-electron chi connectivity index (χ4n) is 3.08. The second-order valence-corrected chi connectivity index (χ2v) is 5.01. The summed E-state index contributed by atoms with van der Waals surface area (Å²) in [5.74, 6) is -0.813. The third kappa shape index (κ3) is 1.31. The van der Waals surface area contributed by atoms with Crippen LogP contribution in [0.3, 0.4) is 0 Å². The van der Waals surface area contributed by atoms with Crippen LogP contribution in [0.2, 0.25) is 0 Å². The minimum Gasteiger partial charge on any atom is -0.302 e. The molecule has 3 rings (SSSR count). The van der Waals surface area contributed by atoms with Gasteiger partial charge in [-0.15, -0.1) is 0 Å². The van der Waals surface area contributed by atoms with E-state index in [0.717, 1.165) is 31.6 Å². The molecule has 1 nitrogen and oxygen atoms in total. The Bertz CT molecular complexity index is 432. The zero-order chi connectivity index (χ0) is 11.3. The first-order chi connectivity index (χ1) is 7.65. The van der Waals surface area contributed by atoms with Crippen molar-refractivity contribution in [3.63, 3.8) is 0 Å². The Hall–Kier alpha value is -0.960. The third-order valence-corrected chi connectivity index (χ3v) is 4.16. The van der Waals surface area contributed by atoms with Crippen molar-refractivity contribution in [2.24, 2.45) is 5.92 Å². The van der Waals surface area contributed by atoms with E-state index in [2.05, 4.69) is 11.8 Å². The fourth-order valence-corrected chi connectivity index (χ4v) is 3.08. The van der Waals surface area contributed by atoms with E-state index in [0.29, 0.717) is 5.92 Å². The molecule has 0 N–H and O–H groups in total. The van der Waals surface area contributed by atoms with Gasteiger partial charge in [0.15, 0.2) is 11.6 Å². The summed E-state index contributed by atoms with van der Waals surface area (Å²) < 4.78 is 26.1. The van der Waals surface area contributed by atoms with Gasteiger partial charge in [0.05, 0.1) is 0 Å². The fraction of sp³-hybridized carbons (Fsp3) is 0.538. The quantitative estimate of drug-likeness (QED) is 0.744. The van der Waals surface area contributed by atoms with Crippen LogP contribution in [0.5, 0.6) is 0 Å². The minimum absolute atomic E-state index is 0.130. The highest BCUT2D eigenvalue weighted by Crippen LogP contribution is 2.58. The van der Waals surface area contributed by atoms with Crippen LogP contribution >= 0.6 is 0 Å². The third-order valence-electron chi connectivity index (χ3n) is 4.16. The van der Waals surface area contributed by atoms with Crippen molar-refractivity contribution in [1.29, 1.82) is 0 Å². The largest absolute Gasteiger partial charge is 0.302 e. The highest BCUT2D eigenvalue weighted by Gasteiger charge is 2.60. The summed E-state index contributed by atoms with van der Waals surface area (Å²) in [6.07, 6.45) is 1.13. The molecule has 1 heterocycles. The van der Waals surface area contributed by atoms with Crippen LogP contribution in [0.4, 0.5) is 8.78 Å². The Morgan fingerprint density at radius 1 is 1.38 bits per heavy atom. The molecule has 1 aromatic rings. The number of piperidine rings is 1. The highest BCUT2D eigenvalue weighted by molar-refractivity contribution is 5.37. The summed E-state index contributed by atoms with van der Waals surface area (Å²) in [5, 5.41) is 0. The Morgan fingerprint density at radius 3 is 2.81 bits per heavy atom. The summed E-state index contributed by atoms with van der Waals surface area (Å²) in [7, 11) is 0. The molecule has 1 aliphatic carbocycles. The van der Waals surface area contributed by atoms with E-state index in [4.69, 9.17) is 0 Å². The number of likely N-dealkylation sites (N-methyl/N-ethyl adjacent to an activating group) is 1. The molecule has 0 amide bonds. The smallest absolute Gasteiger partial charge is 0.159 e. The van der Waals surface area contributed by atoms with Crippen molar-refractivity contribution in [3.05, 3.63) is 35.4 Å². The number of hydrogen-bond donors (Lipinski definition) is 0. The van der Waals surface area contributed by atoms with Crippen LogP contribution in [0.25, 0.3) is 0 Å². The molecule has 1 saturated heterocycles. The van der Waals surface area contributed by atoms with Crippen LogP contribution in [0, 0.1) is 17.6 Å². The molecule has 1 aliphatic heterocycles. The molecule has 0 bridgehead atoms. The Labute approximate surface area is 94.1 Å². The number of halogens is 2. The lowest BCUT2D eigenvalue weighted by Gasteiger charge is -2.19. The number of benzene rings is 1. The topological polar surface area (TPSA) is 3.24 Å². The molecule has 2 atom stereocenters. The van der Waals surface area contributed by atoms with E-state index >= 15 is 0 Å². The van der Waals surface area contributed by atoms with E-state index in [1.807, 2.05) is 0 Å². The minimum atomic E-state index is -0.748. The average Bonchev–Trinajstić information content (AvgIpc) is 2.86. The van der Waals surface area contributed by atoms with Gasteiger partial charge < -0.3 is 4.90 Å². The second-order valence-electron chi connectivity index (χ2n) is 5.01. The van der Waals surface area contributed by atoms with Gasteiger partial charge in [-0.05, 0) is 36.6 Å². The van der Waals surface area contributed by atoms with Gasteiger partial charge in [0.25, 0.3) is 0 Å². The summed E-state index contributed by atoms with van der Waals surface area (Å²) in [5.41, 5.74) is 1.11. The van der Waals surface area contributed by atoms with Crippen molar-refractivity contribution >= 4 is 0 Å². The second kappa shape index (κ2) is 3.27. The van der Waals surface area contributed by atoms with E-state index < -0.39 is 11.6 Å². The molecule has 1 saturated carbocycles. The monoisotopic (exact) mass is 223 g/mol. The van der Waals surface area contributed by atoms with Crippen LogP contribution in [0.1, 0.15) is 18.9 Å². The Kier molecular flexibility index (Phi) is 2.08. The molecule has 0 spiro atoms. The number of likely N-dealkylation sites (tertiary alicyclic amines) is 1. The number of nitrogens with zero attached hydrogens (tertiary/aromatic N) is 1. The average molecular weight is 223 g/mol. The molecular weight excluding hydrogens is 208 g/mol. The van der Waals surface area contributed by atoms with E-state index in [1.165, 1.54) is 12.1 Å². The maximum absolute atomic E-state index is 13.2. The summed E-state index contributed by atoms with van der Waals surface area (Å²) in [6, 6.07) is 4.38. The number of hydrogen-bond acceptors (Lipinski definition) is 1. The molecule has 1 aromatic carbocycles. The predicted octanol–water partition coefficient (Wildman–Crippen LogP) is 2.56. The zero-order valence-corrected chi connectivity index (χ0v) is 9.34. The first kappa shape index (κ1) is 10.2. The molecule has 0 aromatic heterocycles. The molecule has 0 radical (unpaired) electrons. The normalized spacial score (nSPS) is 32.8. The van der Waals surface area contributed by atoms with Gasteiger partial charge in [-0.1, -0.05) is 13.0 Å². The van der Waals surface area contributed by atoms with Crippen LogP contribution in [0.15, 0.2) is 18.2 Å². The first-order valence-electron chi connectivity index (χ1n) is 5.83.